The Morgan fingerprint density at radius 2 is 2.28 bits per heavy atom. The first-order chi connectivity index (χ1) is 8.65. The molecule has 2 aliphatic heterocycles. The molecular weight excluding hydrogens is 228 g/mol. The van der Waals surface area contributed by atoms with Gasteiger partial charge < -0.3 is 15.0 Å². The number of hydrogen-bond acceptors (Lipinski definition) is 2. The molecular formula is C14H18N2O2. The van der Waals surface area contributed by atoms with Gasteiger partial charge in [0.2, 0.25) is 0 Å². The van der Waals surface area contributed by atoms with E-state index in [2.05, 4.69) is 17.4 Å². The minimum atomic E-state index is 0.0340. The molecule has 0 spiro atoms. The van der Waals surface area contributed by atoms with Crippen LogP contribution < -0.4 is 10.1 Å². The van der Waals surface area contributed by atoms with Gasteiger partial charge in [-0.05, 0) is 37.1 Å². The number of urea groups is 1. The summed E-state index contributed by atoms with van der Waals surface area (Å²) >= 11 is 0. The van der Waals surface area contributed by atoms with Crippen molar-refractivity contribution in [1.82, 2.24) is 10.2 Å². The van der Waals surface area contributed by atoms with Gasteiger partial charge in [-0.2, -0.15) is 0 Å². The van der Waals surface area contributed by atoms with Gasteiger partial charge in [-0.15, -0.1) is 0 Å². The molecule has 1 atom stereocenters. The number of benzene rings is 1. The smallest absolute Gasteiger partial charge is 0.318 e. The molecule has 0 radical (unpaired) electrons. The van der Waals surface area contributed by atoms with Gasteiger partial charge in [0, 0.05) is 19.0 Å². The highest BCUT2D eigenvalue weighted by Crippen LogP contribution is 2.30. The van der Waals surface area contributed by atoms with Gasteiger partial charge in [-0.25, -0.2) is 4.79 Å². The van der Waals surface area contributed by atoms with Gasteiger partial charge in [-0.3, -0.25) is 0 Å². The zero-order chi connectivity index (χ0) is 12.7. The van der Waals surface area contributed by atoms with Crippen LogP contribution in [0.2, 0.25) is 0 Å². The SMILES string of the molecule is CC(C)N1CC(c2ccc3c(c2)CCO3)NC1=O. The van der Waals surface area contributed by atoms with Gasteiger partial charge in [0.05, 0.1) is 12.6 Å². The molecule has 18 heavy (non-hydrogen) atoms. The quantitative estimate of drug-likeness (QED) is 0.868. The predicted octanol–water partition coefficient (Wildman–Crippen LogP) is 2.10. The van der Waals surface area contributed by atoms with E-state index in [1.807, 2.05) is 24.8 Å². The summed E-state index contributed by atoms with van der Waals surface area (Å²) in [5.41, 5.74) is 2.43. The second kappa shape index (κ2) is 4.19. The van der Waals surface area contributed by atoms with E-state index in [1.165, 1.54) is 11.1 Å². The molecule has 1 fully saturated rings. The molecule has 2 aliphatic rings. The average molecular weight is 246 g/mol. The molecule has 1 unspecified atom stereocenters. The summed E-state index contributed by atoms with van der Waals surface area (Å²) in [5.74, 6) is 0.990. The van der Waals surface area contributed by atoms with Crippen molar-refractivity contribution < 1.29 is 9.53 Å². The van der Waals surface area contributed by atoms with E-state index in [1.54, 1.807) is 0 Å². The molecule has 96 valence electrons. The lowest BCUT2D eigenvalue weighted by Crippen LogP contribution is -2.33. The van der Waals surface area contributed by atoms with Crippen molar-refractivity contribution in [3.8, 4) is 5.75 Å². The standard InChI is InChI=1S/C14H18N2O2/c1-9(2)16-8-12(15-14(16)17)10-3-4-13-11(7-10)5-6-18-13/h3-4,7,9,12H,5-6,8H2,1-2H3,(H,15,17). The number of carbonyl (C=O) groups is 1. The molecule has 4 nitrogen and oxygen atoms in total. The summed E-state index contributed by atoms with van der Waals surface area (Å²) in [7, 11) is 0. The molecule has 2 amide bonds. The Hall–Kier alpha value is -1.71. The highest BCUT2D eigenvalue weighted by molar-refractivity contribution is 5.77. The molecule has 4 heteroatoms. The van der Waals surface area contributed by atoms with Crippen LogP contribution >= 0.6 is 0 Å². The van der Waals surface area contributed by atoms with Gasteiger partial charge in [0.15, 0.2) is 0 Å². The third-order valence-corrected chi connectivity index (χ3v) is 3.68. The van der Waals surface area contributed by atoms with Crippen molar-refractivity contribution in [2.75, 3.05) is 13.2 Å². The van der Waals surface area contributed by atoms with Crippen LogP contribution in [0.25, 0.3) is 0 Å². The fourth-order valence-electron chi connectivity index (χ4n) is 2.61. The lowest BCUT2D eigenvalue weighted by molar-refractivity contribution is 0.206. The summed E-state index contributed by atoms with van der Waals surface area (Å²) in [6.07, 6.45) is 0.970. The van der Waals surface area contributed by atoms with Crippen molar-refractivity contribution in [1.29, 1.82) is 0 Å². The Kier molecular flexibility index (Phi) is 2.65. The van der Waals surface area contributed by atoms with E-state index < -0.39 is 0 Å². The van der Waals surface area contributed by atoms with Crippen LogP contribution in [0.1, 0.15) is 31.0 Å². The molecule has 1 N–H and O–H groups in total. The highest BCUT2D eigenvalue weighted by Gasteiger charge is 2.31. The molecule has 1 saturated heterocycles. The topological polar surface area (TPSA) is 41.6 Å². The number of rotatable bonds is 2. The van der Waals surface area contributed by atoms with Crippen molar-refractivity contribution >= 4 is 6.03 Å². The van der Waals surface area contributed by atoms with Crippen LogP contribution in [-0.2, 0) is 6.42 Å². The monoisotopic (exact) mass is 246 g/mol. The molecule has 3 rings (SSSR count). The van der Waals surface area contributed by atoms with Crippen LogP contribution in [0.4, 0.5) is 4.79 Å². The Balaban J connectivity index is 1.82. The minimum absolute atomic E-state index is 0.0340. The molecule has 0 aromatic heterocycles. The Morgan fingerprint density at radius 1 is 1.44 bits per heavy atom. The van der Waals surface area contributed by atoms with E-state index in [0.717, 1.165) is 25.3 Å². The number of nitrogens with zero attached hydrogens (tertiary/aromatic N) is 1. The minimum Gasteiger partial charge on any atom is -0.493 e. The third-order valence-electron chi connectivity index (χ3n) is 3.68. The van der Waals surface area contributed by atoms with E-state index in [9.17, 15) is 4.79 Å². The van der Waals surface area contributed by atoms with Gasteiger partial charge in [0.25, 0.3) is 0 Å². The second-order valence-electron chi connectivity index (χ2n) is 5.21. The maximum absolute atomic E-state index is 11.8. The summed E-state index contributed by atoms with van der Waals surface area (Å²) in [4.78, 5) is 13.7. The summed E-state index contributed by atoms with van der Waals surface area (Å²) in [6, 6.07) is 6.61. The fraction of sp³-hybridized carbons (Fsp3) is 0.500. The first-order valence-electron chi connectivity index (χ1n) is 6.48. The predicted molar refractivity (Wildman–Crippen MR) is 68.8 cm³/mol. The number of amides is 2. The maximum atomic E-state index is 11.8. The molecule has 0 aliphatic carbocycles. The van der Waals surface area contributed by atoms with Crippen molar-refractivity contribution in [3.63, 3.8) is 0 Å². The first-order valence-corrected chi connectivity index (χ1v) is 6.48. The number of carbonyl (C=O) groups excluding carboxylic acids is 1. The summed E-state index contributed by atoms with van der Waals surface area (Å²) < 4.78 is 5.50. The van der Waals surface area contributed by atoms with Crippen molar-refractivity contribution in [2.24, 2.45) is 0 Å². The molecule has 0 saturated carbocycles. The summed E-state index contributed by atoms with van der Waals surface area (Å²) in [6.45, 7) is 5.60. The molecule has 2 heterocycles. The van der Waals surface area contributed by atoms with Crippen LogP contribution in [-0.4, -0.2) is 30.1 Å². The van der Waals surface area contributed by atoms with Gasteiger partial charge in [-0.1, -0.05) is 6.07 Å². The second-order valence-corrected chi connectivity index (χ2v) is 5.21. The lowest BCUT2D eigenvalue weighted by Gasteiger charge is -2.19. The molecule has 1 aromatic carbocycles. The zero-order valence-electron chi connectivity index (χ0n) is 10.8. The van der Waals surface area contributed by atoms with E-state index >= 15 is 0 Å². The van der Waals surface area contributed by atoms with Gasteiger partial charge in [0.1, 0.15) is 5.75 Å². The first kappa shape index (κ1) is 11.4. The number of hydrogen-bond donors (Lipinski definition) is 1. The van der Waals surface area contributed by atoms with Gasteiger partial charge >= 0.3 is 6.03 Å². The van der Waals surface area contributed by atoms with E-state index in [0.29, 0.717) is 0 Å². The van der Waals surface area contributed by atoms with Crippen LogP contribution in [0, 0.1) is 0 Å². The number of fused-ring (bicyclic) bond motifs is 1. The summed E-state index contributed by atoms with van der Waals surface area (Å²) in [5, 5.41) is 3.04. The van der Waals surface area contributed by atoms with Crippen LogP contribution in [0.5, 0.6) is 5.75 Å². The Morgan fingerprint density at radius 3 is 3.00 bits per heavy atom. The fourth-order valence-corrected chi connectivity index (χ4v) is 2.61. The van der Waals surface area contributed by atoms with Crippen molar-refractivity contribution in [3.05, 3.63) is 29.3 Å². The lowest BCUT2D eigenvalue weighted by atomic mass is 10.0. The highest BCUT2D eigenvalue weighted by atomic mass is 16.5. The largest absolute Gasteiger partial charge is 0.493 e. The zero-order valence-corrected chi connectivity index (χ0v) is 10.8. The van der Waals surface area contributed by atoms with Crippen molar-refractivity contribution in [2.45, 2.75) is 32.4 Å². The normalized spacial score (nSPS) is 22.1. The average Bonchev–Trinajstić information content (AvgIpc) is 2.93. The van der Waals surface area contributed by atoms with Crippen LogP contribution in [0.15, 0.2) is 18.2 Å². The van der Waals surface area contributed by atoms with E-state index in [-0.39, 0.29) is 18.1 Å². The van der Waals surface area contributed by atoms with Crippen LogP contribution in [0.3, 0.4) is 0 Å². The molecule has 0 bridgehead atoms. The number of ether oxygens (including phenoxy) is 1. The van der Waals surface area contributed by atoms with E-state index in [4.69, 9.17) is 4.74 Å². The Labute approximate surface area is 107 Å². The number of nitrogens with one attached hydrogen (secondary N) is 1. The molecule has 1 aromatic rings. The Bertz CT molecular complexity index is 485. The third kappa shape index (κ3) is 1.82. The maximum Gasteiger partial charge on any atom is 0.318 e.